The predicted octanol–water partition coefficient (Wildman–Crippen LogP) is 4.87. The van der Waals surface area contributed by atoms with Gasteiger partial charge in [0.1, 0.15) is 5.75 Å². The SMILES string of the molecule is CO[C@@H]1/C=C\C[C@H](CO)[C@@H](C)S(=O)(=O)NC(=O)c2ccc3c(c2)N(C[C@@H]2CC[C@H]21)C[C@@]1(CCCc2cc(Cl)ccc21)CO3. The molecule has 0 saturated heterocycles. The van der Waals surface area contributed by atoms with Gasteiger partial charge in [0.25, 0.3) is 5.91 Å². The van der Waals surface area contributed by atoms with E-state index in [0.717, 1.165) is 49.4 Å². The first-order valence-corrected chi connectivity index (χ1v) is 17.2. The first-order valence-electron chi connectivity index (χ1n) is 15.3. The second-order valence-electron chi connectivity index (χ2n) is 12.8. The van der Waals surface area contributed by atoms with Crippen LogP contribution in [0.1, 0.15) is 60.5 Å². The fourth-order valence-electron chi connectivity index (χ4n) is 7.52. The fourth-order valence-corrected chi connectivity index (χ4v) is 8.99. The van der Waals surface area contributed by atoms with Gasteiger partial charge in [-0.3, -0.25) is 4.79 Å². The normalized spacial score (nSPS) is 32.8. The summed E-state index contributed by atoms with van der Waals surface area (Å²) in [5, 5.41) is 9.78. The van der Waals surface area contributed by atoms with Crippen molar-refractivity contribution in [2.45, 2.75) is 62.2 Å². The number of allylic oxidation sites excluding steroid dienone is 1. The molecule has 2 heterocycles. The molecular weight excluding hydrogens is 588 g/mol. The third-order valence-electron chi connectivity index (χ3n) is 10.3. The van der Waals surface area contributed by atoms with E-state index in [-0.39, 0.29) is 23.7 Å². The van der Waals surface area contributed by atoms with Crippen molar-refractivity contribution in [3.05, 3.63) is 70.3 Å². The van der Waals surface area contributed by atoms with Crippen LogP contribution in [0.3, 0.4) is 0 Å². The van der Waals surface area contributed by atoms with Gasteiger partial charge in [-0.15, -0.1) is 0 Å². The van der Waals surface area contributed by atoms with Crippen LogP contribution in [0, 0.1) is 17.8 Å². The number of rotatable bonds is 2. The Morgan fingerprint density at radius 1 is 1.21 bits per heavy atom. The Morgan fingerprint density at radius 2 is 2.05 bits per heavy atom. The highest BCUT2D eigenvalue weighted by Gasteiger charge is 2.44. The number of nitrogens with one attached hydrogen (secondary N) is 1. The number of nitrogens with zero attached hydrogens (tertiary/aromatic N) is 1. The molecule has 2 aromatic carbocycles. The number of hydrogen-bond acceptors (Lipinski definition) is 7. The maximum absolute atomic E-state index is 13.4. The molecule has 0 unspecified atom stereocenters. The number of amides is 1. The van der Waals surface area contributed by atoms with Gasteiger partial charge in [0.2, 0.25) is 10.0 Å². The number of aliphatic hydroxyl groups excluding tert-OH is 1. The molecule has 1 amide bonds. The van der Waals surface area contributed by atoms with Gasteiger partial charge in [-0.05, 0) is 98.7 Å². The number of fused-ring (bicyclic) bond motifs is 4. The minimum absolute atomic E-state index is 0.113. The number of anilines is 1. The van der Waals surface area contributed by atoms with Crippen LogP contribution in [-0.2, 0) is 26.6 Å². The van der Waals surface area contributed by atoms with Crippen LogP contribution in [0.5, 0.6) is 5.75 Å². The van der Waals surface area contributed by atoms with E-state index in [1.807, 2.05) is 18.2 Å². The number of halogens is 1. The highest BCUT2D eigenvalue weighted by atomic mass is 35.5. The van der Waals surface area contributed by atoms with E-state index < -0.39 is 27.1 Å². The van der Waals surface area contributed by atoms with Crippen molar-refractivity contribution in [3.63, 3.8) is 0 Å². The van der Waals surface area contributed by atoms with Crippen LogP contribution >= 0.6 is 11.6 Å². The maximum atomic E-state index is 13.4. The van der Waals surface area contributed by atoms with Gasteiger partial charge in [0.05, 0.1) is 23.6 Å². The number of sulfonamides is 1. The molecule has 43 heavy (non-hydrogen) atoms. The van der Waals surface area contributed by atoms with Crippen molar-refractivity contribution < 1.29 is 27.8 Å². The van der Waals surface area contributed by atoms with Gasteiger partial charge >= 0.3 is 0 Å². The Bertz CT molecular complexity index is 1510. The molecule has 2 N–H and O–H groups in total. The molecule has 8 nitrogen and oxygen atoms in total. The van der Waals surface area contributed by atoms with Crippen molar-refractivity contribution in [3.8, 4) is 5.75 Å². The van der Waals surface area contributed by atoms with E-state index >= 15 is 0 Å². The van der Waals surface area contributed by atoms with E-state index in [0.29, 0.717) is 37.2 Å². The Balaban J connectivity index is 1.43. The summed E-state index contributed by atoms with van der Waals surface area (Å²) < 4.78 is 41.3. The number of ether oxygens (including phenoxy) is 2. The van der Waals surface area contributed by atoms with Crippen molar-refractivity contribution in [1.82, 2.24) is 4.72 Å². The van der Waals surface area contributed by atoms with Gasteiger partial charge in [-0.25, -0.2) is 13.1 Å². The quantitative estimate of drug-likeness (QED) is 0.457. The Labute approximate surface area is 259 Å². The molecule has 6 rings (SSSR count). The molecule has 2 bridgehead atoms. The van der Waals surface area contributed by atoms with Crippen LogP contribution in [0.25, 0.3) is 0 Å². The van der Waals surface area contributed by atoms with Crippen molar-refractivity contribution >= 4 is 33.2 Å². The van der Waals surface area contributed by atoms with E-state index in [2.05, 4.69) is 21.8 Å². The molecule has 4 aliphatic rings. The average Bonchev–Trinajstić information content (AvgIpc) is 3.12. The standard InChI is InChI=1S/C33H41ClN2O6S/c1-21-25(18-37)5-3-7-30(41-2)27-11-8-24(27)17-36-19-33(14-4-6-22-15-26(34)10-12-28(22)33)20-42-31-13-9-23(16-29(31)36)32(38)35-43(21,39)40/h3,7,9-10,12-13,15-16,21,24-25,27,30,37H,4-6,8,11,14,17-20H2,1-2H3,(H,35,38)/b7-3-/t21-,24+,25-,27-,30-,33+/m1/s1. The summed E-state index contributed by atoms with van der Waals surface area (Å²) in [6.07, 6.45) is 9.27. The lowest BCUT2D eigenvalue weighted by Gasteiger charge is -2.46. The topological polar surface area (TPSA) is 105 Å². The summed E-state index contributed by atoms with van der Waals surface area (Å²) in [5.41, 5.74) is 3.32. The van der Waals surface area contributed by atoms with Crippen LogP contribution in [0.4, 0.5) is 5.69 Å². The third-order valence-corrected chi connectivity index (χ3v) is 12.4. The summed E-state index contributed by atoms with van der Waals surface area (Å²) in [6, 6.07) is 11.4. The van der Waals surface area contributed by atoms with Crippen LogP contribution in [0.2, 0.25) is 5.02 Å². The van der Waals surface area contributed by atoms with E-state index in [1.54, 1.807) is 25.3 Å². The van der Waals surface area contributed by atoms with E-state index in [1.165, 1.54) is 18.1 Å². The van der Waals surface area contributed by atoms with Gasteiger partial charge in [0, 0.05) is 48.7 Å². The third kappa shape index (κ3) is 5.81. The van der Waals surface area contributed by atoms with Gasteiger partial charge in [-0.2, -0.15) is 0 Å². The molecule has 2 aromatic rings. The van der Waals surface area contributed by atoms with Gasteiger partial charge in [-0.1, -0.05) is 29.8 Å². The van der Waals surface area contributed by atoms with Crippen LogP contribution in [-0.4, -0.2) is 64.2 Å². The lowest BCUT2D eigenvalue weighted by Crippen LogP contribution is -2.49. The lowest BCUT2D eigenvalue weighted by atomic mass is 9.68. The lowest BCUT2D eigenvalue weighted by molar-refractivity contribution is 0.0131. The fraction of sp³-hybridized carbons (Fsp3) is 0.545. The molecule has 1 fully saturated rings. The summed E-state index contributed by atoms with van der Waals surface area (Å²) in [5.74, 6) is 0.0990. The Hall–Kier alpha value is -2.59. The summed E-state index contributed by atoms with van der Waals surface area (Å²) in [7, 11) is -2.34. The minimum atomic E-state index is -4.06. The Morgan fingerprint density at radius 3 is 2.79 bits per heavy atom. The summed E-state index contributed by atoms with van der Waals surface area (Å²) in [6.45, 7) is 3.20. The van der Waals surface area contributed by atoms with Crippen molar-refractivity contribution in [1.29, 1.82) is 0 Å². The smallest absolute Gasteiger partial charge is 0.264 e. The first kappa shape index (κ1) is 30.4. The Kier molecular flexibility index (Phi) is 8.54. The molecule has 6 atom stereocenters. The molecule has 2 aliphatic heterocycles. The molecule has 10 heteroatoms. The summed E-state index contributed by atoms with van der Waals surface area (Å²) >= 11 is 6.40. The number of carbonyl (C=O) groups excluding carboxylic acids is 1. The largest absolute Gasteiger partial charge is 0.490 e. The van der Waals surface area contributed by atoms with Crippen LogP contribution < -0.4 is 14.4 Å². The summed E-state index contributed by atoms with van der Waals surface area (Å²) in [4.78, 5) is 15.7. The van der Waals surface area contributed by atoms with Gasteiger partial charge in [0.15, 0.2) is 0 Å². The number of carbonyl (C=O) groups is 1. The average molecular weight is 629 g/mol. The van der Waals surface area contributed by atoms with E-state index in [4.69, 9.17) is 21.1 Å². The minimum Gasteiger partial charge on any atom is -0.490 e. The van der Waals surface area contributed by atoms with E-state index in [9.17, 15) is 18.3 Å². The number of benzene rings is 2. The highest BCUT2D eigenvalue weighted by Crippen LogP contribution is 2.47. The molecule has 1 saturated carbocycles. The zero-order valence-corrected chi connectivity index (χ0v) is 26.4. The van der Waals surface area contributed by atoms with Crippen molar-refractivity contribution in [2.75, 3.05) is 38.3 Å². The number of aliphatic hydroxyl groups is 1. The van der Waals surface area contributed by atoms with Crippen LogP contribution in [0.15, 0.2) is 48.6 Å². The van der Waals surface area contributed by atoms with Gasteiger partial charge < -0.3 is 19.5 Å². The molecule has 2 aliphatic carbocycles. The second-order valence-corrected chi connectivity index (χ2v) is 15.3. The number of methoxy groups -OCH3 is 1. The predicted molar refractivity (Wildman–Crippen MR) is 167 cm³/mol. The van der Waals surface area contributed by atoms with Crippen molar-refractivity contribution in [2.24, 2.45) is 17.8 Å². The molecular formula is C33H41ClN2O6S. The first-order chi connectivity index (χ1) is 20.6. The monoisotopic (exact) mass is 628 g/mol. The number of hydrogen-bond donors (Lipinski definition) is 2. The molecule has 1 spiro atoms. The molecule has 0 aromatic heterocycles. The highest BCUT2D eigenvalue weighted by molar-refractivity contribution is 7.90. The second kappa shape index (κ2) is 12.1. The number of aryl methyl sites for hydroxylation is 1. The molecule has 232 valence electrons. The zero-order chi connectivity index (χ0) is 30.4. The molecule has 0 radical (unpaired) electrons. The maximum Gasteiger partial charge on any atom is 0.264 e. The zero-order valence-electron chi connectivity index (χ0n) is 24.8.